The molecule has 21 heavy (non-hydrogen) atoms. The molecule has 1 heterocycles. The van der Waals surface area contributed by atoms with Gasteiger partial charge in [-0.1, -0.05) is 40.0 Å². The molecular weight excluding hydrogens is 264 g/mol. The van der Waals surface area contributed by atoms with Gasteiger partial charge in [0.15, 0.2) is 0 Å². The zero-order valence-corrected chi connectivity index (χ0v) is 13.3. The Morgan fingerprint density at radius 3 is 2.52 bits per heavy atom. The van der Waals surface area contributed by atoms with Crippen LogP contribution in [0.25, 0.3) is 0 Å². The maximum absolute atomic E-state index is 11.3. The lowest BCUT2D eigenvalue weighted by molar-refractivity contribution is 0.0696. The minimum absolute atomic E-state index is 0.160. The summed E-state index contributed by atoms with van der Waals surface area (Å²) in [4.78, 5) is 15.9. The van der Waals surface area contributed by atoms with Crippen LogP contribution < -0.4 is 5.32 Å². The van der Waals surface area contributed by atoms with Gasteiger partial charge in [0.25, 0.3) is 0 Å². The fourth-order valence-corrected chi connectivity index (χ4v) is 2.77. The Balaban J connectivity index is 2.13. The van der Waals surface area contributed by atoms with E-state index >= 15 is 0 Å². The Morgan fingerprint density at radius 2 is 1.95 bits per heavy atom. The number of anilines is 1. The van der Waals surface area contributed by atoms with Crippen LogP contribution >= 0.6 is 0 Å². The van der Waals surface area contributed by atoms with Crippen LogP contribution in [0.1, 0.15) is 68.9 Å². The van der Waals surface area contributed by atoms with E-state index in [2.05, 4.69) is 10.3 Å². The molecule has 0 aromatic carbocycles. The van der Waals surface area contributed by atoms with Crippen molar-refractivity contribution in [3.8, 4) is 0 Å². The van der Waals surface area contributed by atoms with E-state index in [1.54, 1.807) is 12.1 Å². The Hall–Kier alpha value is -1.58. The predicted octanol–water partition coefficient (Wildman–Crippen LogP) is 4.07. The number of rotatable bonds is 4. The molecule has 116 valence electrons. The summed E-state index contributed by atoms with van der Waals surface area (Å²) in [5, 5.41) is 12.6. The highest BCUT2D eigenvalue weighted by molar-refractivity contribution is 5.88. The quantitative estimate of drug-likeness (QED) is 0.877. The third-order valence-corrected chi connectivity index (χ3v) is 4.14. The maximum atomic E-state index is 11.3. The monoisotopic (exact) mass is 290 g/mol. The van der Waals surface area contributed by atoms with E-state index in [1.807, 2.05) is 20.8 Å². The van der Waals surface area contributed by atoms with E-state index in [0.29, 0.717) is 17.3 Å². The summed E-state index contributed by atoms with van der Waals surface area (Å²) in [5.74, 6) is 0.473. The number of carboxylic acids is 1. The number of pyridine rings is 1. The molecule has 0 unspecified atom stereocenters. The molecule has 1 aliphatic rings. The Morgan fingerprint density at radius 1 is 1.29 bits per heavy atom. The second kappa shape index (κ2) is 6.46. The first-order valence-corrected chi connectivity index (χ1v) is 7.86. The summed E-state index contributed by atoms with van der Waals surface area (Å²) in [6, 6.07) is 3.31. The van der Waals surface area contributed by atoms with Gasteiger partial charge in [-0.25, -0.2) is 9.78 Å². The van der Waals surface area contributed by atoms with Crippen molar-refractivity contribution in [2.24, 2.45) is 5.92 Å². The number of hydrogen-bond acceptors (Lipinski definition) is 3. The summed E-state index contributed by atoms with van der Waals surface area (Å²) in [6.07, 6.45) is 6.48. The first-order chi connectivity index (χ1) is 9.86. The highest BCUT2D eigenvalue weighted by Gasteiger charge is 2.20. The summed E-state index contributed by atoms with van der Waals surface area (Å²) < 4.78 is 0. The number of carbonyl (C=O) groups is 1. The Kier molecular flexibility index (Phi) is 4.86. The smallest absolute Gasteiger partial charge is 0.335 e. The normalized spacial score (nSPS) is 16.7. The molecule has 1 saturated carbocycles. The van der Waals surface area contributed by atoms with Crippen molar-refractivity contribution in [1.82, 2.24) is 4.98 Å². The second-order valence-corrected chi connectivity index (χ2v) is 7.07. The molecule has 1 fully saturated rings. The van der Waals surface area contributed by atoms with Crippen LogP contribution in [-0.2, 0) is 5.41 Å². The molecule has 4 nitrogen and oxygen atoms in total. The molecule has 0 saturated heterocycles. The van der Waals surface area contributed by atoms with Gasteiger partial charge in [-0.2, -0.15) is 0 Å². The lowest BCUT2D eigenvalue weighted by Gasteiger charge is -2.23. The summed E-state index contributed by atoms with van der Waals surface area (Å²) >= 11 is 0. The molecule has 0 spiro atoms. The van der Waals surface area contributed by atoms with Gasteiger partial charge >= 0.3 is 5.97 Å². The number of nitrogens with zero attached hydrogens (tertiary/aromatic N) is 1. The largest absolute Gasteiger partial charge is 0.478 e. The fourth-order valence-electron chi connectivity index (χ4n) is 2.77. The molecule has 1 aromatic heterocycles. The van der Waals surface area contributed by atoms with Crippen molar-refractivity contribution in [2.45, 2.75) is 58.3 Å². The third-order valence-electron chi connectivity index (χ3n) is 4.14. The molecule has 0 bridgehead atoms. The molecule has 0 atom stereocenters. The first-order valence-electron chi connectivity index (χ1n) is 7.86. The van der Waals surface area contributed by atoms with Crippen LogP contribution in [0.3, 0.4) is 0 Å². The van der Waals surface area contributed by atoms with E-state index in [-0.39, 0.29) is 5.41 Å². The lowest BCUT2D eigenvalue weighted by atomic mass is 9.89. The van der Waals surface area contributed by atoms with Gasteiger partial charge in [0.1, 0.15) is 5.82 Å². The topological polar surface area (TPSA) is 62.2 Å². The van der Waals surface area contributed by atoms with Crippen LogP contribution in [0.4, 0.5) is 5.82 Å². The number of nitrogens with one attached hydrogen (secondary N) is 1. The summed E-state index contributed by atoms with van der Waals surface area (Å²) in [6.45, 7) is 7.03. The van der Waals surface area contributed by atoms with Crippen LogP contribution in [0.2, 0.25) is 0 Å². The first kappa shape index (κ1) is 15.8. The van der Waals surface area contributed by atoms with Gasteiger partial charge in [0, 0.05) is 17.7 Å². The van der Waals surface area contributed by atoms with Crippen LogP contribution in [0.5, 0.6) is 0 Å². The number of aromatic carboxylic acids is 1. The molecule has 0 aliphatic heterocycles. The molecule has 1 aliphatic carbocycles. The van der Waals surface area contributed by atoms with E-state index in [4.69, 9.17) is 0 Å². The van der Waals surface area contributed by atoms with Crippen molar-refractivity contribution in [1.29, 1.82) is 0 Å². The molecule has 2 rings (SSSR count). The fraction of sp³-hybridized carbons (Fsp3) is 0.647. The Bertz CT molecular complexity index is 500. The highest BCUT2D eigenvalue weighted by Crippen LogP contribution is 2.26. The van der Waals surface area contributed by atoms with Crippen molar-refractivity contribution < 1.29 is 9.90 Å². The average molecular weight is 290 g/mol. The number of aromatic nitrogens is 1. The van der Waals surface area contributed by atoms with Crippen molar-refractivity contribution in [2.75, 3.05) is 11.9 Å². The number of carboxylic acid groups (broad SMARTS) is 1. The number of hydrogen-bond donors (Lipinski definition) is 2. The lowest BCUT2D eigenvalue weighted by Crippen LogP contribution is -2.20. The van der Waals surface area contributed by atoms with E-state index < -0.39 is 5.97 Å². The highest BCUT2D eigenvalue weighted by atomic mass is 16.4. The van der Waals surface area contributed by atoms with Crippen LogP contribution in [-0.4, -0.2) is 22.6 Å². The summed E-state index contributed by atoms with van der Waals surface area (Å²) in [5.41, 5.74) is 0.960. The zero-order valence-electron chi connectivity index (χ0n) is 13.3. The molecule has 1 aromatic rings. The molecule has 4 heteroatoms. The van der Waals surface area contributed by atoms with Crippen LogP contribution in [0, 0.1) is 5.92 Å². The average Bonchev–Trinajstić information content (AvgIpc) is 2.45. The second-order valence-electron chi connectivity index (χ2n) is 7.07. The SMILES string of the molecule is CC(C)(C)c1cc(C(=O)O)cc(NCC2CCCCC2)n1. The molecule has 2 N–H and O–H groups in total. The van der Waals surface area contributed by atoms with Gasteiger partial charge in [0.05, 0.1) is 5.56 Å². The van der Waals surface area contributed by atoms with Gasteiger partial charge in [-0.3, -0.25) is 0 Å². The van der Waals surface area contributed by atoms with E-state index in [9.17, 15) is 9.90 Å². The van der Waals surface area contributed by atoms with E-state index in [1.165, 1.54) is 32.1 Å². The van der Waals surface area contributed by atoms with Crippen molar-refractivity contribution >= 4 is 11.8 Å². The zero-order chi connectivity index (χ0) is 15.5. The van der Waals surface area contributed by atoms with E-state index in [0.717, 1.165) is 12.2 Å². The molecule has 0 amide bonds. The van der Waals surface area contributed by atoms with Crippen molar-refractivity contribution in [3.63, 3.8) is 0 Å². The maximum Gasteiger partial charge on any atom is 0.335 e. The Labute approximate surface area is 127 Å². The standard InChI is InChI=1S/C17H26N2O2/c1-17(2,3)14-9-13(16(20)21)10-15(19-14)18-11-12-7-5-4-6-8-12/h9-10,12H,4-8,11H2,1-3H3,(H,18,19)(H,20,21). The van der Waals surface area contributed by atoms with Gasteiger partial charge in [-0.15, -0.1) is 0 Å². The third kappa shape index (κ3) is 4.45. The van der Waals surface area contributed by atoms with Gasteiger partial charge < -0.3 is 10.4 Å². The molecular formula is C17H26N2O2. The minimum atomic E-state index is -0.899. The molecule has 0 radical (unpaired) electrons. The predicted molar refractivity (Wildman–Crippen MR) is 85.0 cm³/mol. The van der Waals surface area contributed by atoms with Gasteiger partial charge in [-0.05, 0) is 30.9 Å². The minimum Gasteiger partial charge on any atom is -0.478 e. The summed E-state index contributed by atoms with van der Waals surface area (Å²) in [7, 11) is 0. The van der Waals surface area contributed by atoms with Gasteiger partial charge in [0.2, 0.25) is 0 Å². The van der Waals surface area contributed by atoms with Crippen molar-refractivity contribution in [3.05, 3.63) is 23.4 Å². The van der Waals surface area contributed by atoms with Crippen LogP contribution in [0.15, 0.2) is 12.1 Å².